The number of likely N-dealkylation sites (N-methyl/N-ethyl adjacent to an activating group) is 2. The second-order valence-electron chi connectivity index (χ2n) is 3.04. The van der Waals surface area contributed by atoms with Crippen molar-refractivity contribution >= 4 is 11.8 Å². The summed E-state index contributed by atoms with van der Waals surface area (Å²) in [6, 6.07) is 0. The molecule has 0 heterocycles. The minimum atomic E-state index is 0.0274. The molecule has 0 aliphatic heterocycles. The van der Waals surface area contributed by atoms with Crippen LogP contribution in [0.2, 0.25) is 0 Å². The molecule has 0 spiro atoms. The van der Waals surface area contributed by atoms with Gasteiger partial charge in [0.1, 0.15) is 0 Å². The number of rotatable bonds is 4. The van der Waals surface area contributed by atoms with Gasteiger partial charge in [-0.05, 0) is 6.92 Å². The number of carbonyl (C=O) groups is 2. The van der Waals surface area contributed by atoms with Gasteiger partial charge in [-0.3, -0.25) is 9.59 Å². The lowest BCUT2D eigenvalue weighted by molar-refractivity contribution is -0.131. The molecule has 0 aliphatic carbocycles. The van der Waals surface area contributed by atoms with E-state index >= 15 is 0 Å². The van der Waals surface area contributed by atoms with Crippen LogP contribution in [0.1, 0.15) is 20.8 Å². The molecule has 4 heteroatoms. The summed E-state index contributed by atoms with van der Waals surface area (Å²) in [7, 11) is 1.73. The van der Waals surface area contributed by atoms with Crippen LogP contribution in [-0.4, -0.2) is 48.3 Å². The summed E-state index contributed by atoms with van der Waals surface area (Å²) < 4.78 is 0. The largest absolute Gasteiger partial charge is 0.344 e. The Kier molecular flexibility index (Phi) is 5.11. The van der Waals surface area contributed by atoms with Gasteiger partial charge in [0.25, 0.3) is 0 Å². The first-order valence-corrected chi connectivity index (χ1v) is 4.46. The third-order valence-electron chi connectivity index (χ3n) is 2.07. The predicted octanol–water partition coefficient (Wildman–Crippen LogP) is 0.333. The van der Waals surface area contributed by atoms with Crippen LogP contribution in [0.25, 0.3) is 0 Å². The Balaban J connectivity index is 3.85. The molecule has 0 radical (unpaired) electrons. The first-order valence-electron chi connectivity index (χ1n) is 4.46. The van der Waals surface area contributed by atoms with Crippen molar-refractivity contribution in [2.45, 2.75) is 20.8 Å². The van der Waals surface area contributed by atoms with Crippen LogP contribution in [0.4, 0.5) is 0 Å². The highest BCUT2D eigenvalue weighted by Crippen LogP contribution is 1.91. The number of amides is 2. The second-order valence-corrected chi connectivity index (χ2v) is 3.04. The molecule has 0 aromatic rings. The maximum absolute atomic E-state index is 11.0. The number of hydrogen-bond donors (Lipinski definition) is 0. The molecule has 0 aromatic carbocycles. The van der Waals surface area contributed by atoms with Gasteiger partial charge in [-0.25, -0.2) is 0 Å². The van der Waals surface area contributed by atoms with E-state index in [1.54, 1.807) is 16.8 Å². The van der Waals surface area contributed by atoms with E-state index in [4.69, 9.17) is 0 Å². The molecule has 2 amide bonds. The van der Waals surface area contributed by atoms with E-state index in [9.17, 15) is 9.59 Å². The Bertz CT molecular complexity index is 192. The van der Waals surface area contributed by atoms with Gasteiger partial charge >= 0.3 is 0 Å². The molecule has 0 aliphatic rings. The summed E-state index contributed by atoms with van der Waals surface area (Å²) in [4.78, 5) is 25.1. The van der Waals surface area contributed by atoms with Crippen molar-refractivity contribution in [1.82, 2.24) is 9.80 Å². The van der Waals surface area contributed by atoms with E-state index in [1.165, 1.54) is 13.8 Å². The molecule has 0 saturated carbocycles. The van der Waals surface area contributed by atoms with Crippen LogP contribution >= 0.6 is 0 Å². The summed E-state index contributed by atoms with van der Waals surface area (Å²) in [5.41, 5.74) is 0. The van der Waals surface area contributed by atoms with Crippen LogP contribution in [0.15, 0.2) is 0 Å². The number of hydrogen-bond acceptors (Lipinski definition) is 2. The summed E-state index contributed by atoms with van der Waals surface area (Å²) in [5, 5.41) is 0. The van der Waals surface area contributed by atoms with E-state index in [0.717, 1.165) is 0 Å². The molecule has 0 atom stereocenters. The third-order valence-corrected chi connectivity index (χ3v) is 2.07. The van der Waals surface area contributed by atoms with Crippen molar-refractivity contribution in [2.75, 3.05) is 26.7 Å². The minimum Gasteiger partial charge on any atom is -0.344 e. The molecule has 0 saturated heterocycles. The molecule has 0 bridgehead atoms. The Hall–Kier alpha value is -1.06. The van der Waals surface area contributed by atoms with Gasteiger partial charge in [-0.15, -0.1) is 0 Å². The van der Waals surface area contributed by atoms with Gasteiger partial charge < -0.3 is 9.80 Å². The Morgan fingerprint density at radius 1 is 1.08 bits per heavy atom. The van der Waals surface area contributed by atoms with Crippen molar-refractivity contribution in [1.29, 1.82) is 0 Å². The zero-order chi connectivity index (χ0) is 10.4. The smallest absolute Gasteiger partial charge is 0.219 e. The lowest BCUT2D eigenvalue weighted by Gasteiger charge is -2.22. The standard InChI is InChI=1S/C9H18N2O2/c1-5-11(9(3)13)7-6-10(4)8(2)12/h5-7H2,1-4H3. The Morgan fingerprint density at radius 3 is 1.92 bits per heavy atom. The molecule has 0 unspecified atom stereocenters. The van der Waals surface area contributed by atoms with Gasteiger partial charge in [0.15, 0.2) is 0 Å². The Labute approximate surface area is 79.5 Å². The zero-order valence-electron chi connectivity index (χ0n) is 8.83. The number of nitrogens with zero attached hydrogens (tertiary/aromatic N) is 2. The van der Waals surface area contributed by atoms with Gasteiger partial charge in [0.2, 0.25) is 11.8 Å². The van der Waals surface area contributed by atoms with Crippen molar-refractivity contribution < 1.29 is 9.59 Å². The van der Waals surface area contributed by atoms with Crippen LogP contribution in [0.5, 0.6) is 0 Å². The lowest BCUT2D eigenvalue weighted by atomic mass is 10.4. The lowest BCUT2D eigenvalue weighted by Crippen LogP contribution is -2.37. The van der Waals surface area contributed by atoms with Crippen molar-refractivity contribution in [3.8, 4) is 0 Å². The normalized spacial score (nSPS) is 9.54. The van der Waals surface area contributed by atoms with Gasteiger partial charge in [0.05, 0.1) is 0 Å². The third kappa shape index (κ3) is 4.50. The molecule has 13 heavy (non-hydrogen) atoms. The molecular weight excluding hydrogens is 168 g/mol. The predicted molar refractivity (Wildman–Crippen MR) is 51.2 cm³/mol. The highest BCUT2D eigenvalue weighted by molar-refractivity contribution is 5.74. The molecule has 0 rings (SSSR count). The van der Waals surface area contributed by atoms with Crippen LogP contribution < -0.4 is 0 Å². The van der Waals surface area contributed by atoms with E-state index in [2.05, 4.69) is 0 Å². The van der Waals surface area contributed by atoms with Crippen LogP contribution in [0.3, 0.4) is 0 Å². The number of carbonyl (C=O) groups excluding carboxylic acids is 2. The van der Waals surface area contributed by atoms with Gasteiger partial charge in [-0.1, -0.05) is 0 Å². The second kappa shape index (κ2) is 5.56. The summed E-state index contributed by atoms with van der Waals surface area (Å²) >= 11 is 0. The minimum absolute atomic E-state index is 0.0274. The van der Waals surface area contributed by atoms with Gasteiger partial charge in [-0.2, -0.15) is 0 Å². The van der Waals surface area contributed by atoms with Crippen molar-refractivity contribution in [3.63, 3.8) is 0 Å². The molecule has 76 valence electrons. The highest BCUT2D eigenvalue weighted by Gasteiger charge is 2.08. The molecule has 0 aromatic heterocycles. The van der Waals surface area contributed by atoms with Gasteiger partial charge in [0, 0.05) is 40.5 Å². The summed E-state index contributed by atoms with van der Waals surface area (Å²) in [6.07, 6.45) is 0. The molecule has 0 N–H and O–H groups in total. The first-order chi connectivity index (χ1) is 5.99. The molecule has 4 nitrogen and oxygen atoms in total. The van der Waals surface area contributed by atoms with Crippen molar-refractivity contribution in [2.24, 2.45) is 0 Å². The SMILES string of the molecule is CCN(CCN(C)C(C)=O)C(C)=O. The summed E-state index contributed by atoms with van der Waals surface area (Å²) in [6.45, 7) is 6.89. The maximum Gasteiger partial charge on any atom is 0.219 e. The van der Waals surface area contributed by atoms with E-state index in [-0.39, 0.29) is 11.8 Å². The molecule has 0 fully saturated rings. The fourth-order valence-corrected chi connectivity index (χ4v) is 0.966. The topological polar surface area (TPSA) is 40.6 Å². The van der Waals surface area contributed by atoms with E-state index < -0.39 is 0 Å². The molecular formula is C9H18N2O2. The average Bonchev–Trinajstić information content (AvgIpc) is 2.04. The first kappa shape index (κ1) is 11.9. The average molecular weight is 186 g/mol. The van der Waals surface area contributed by atoms with E-state index in [0.29, 0.717) is 19.6 Å². The maximum atomic E-state index is 11.0. The van der Waals surface area contributed by atoms with Crippen LogP contribution in [-0.2, 0) is 9.59 Å². The quantitative estimate of drug-likeness (QED) is 0.635. The fraction of sp³-hybridized carbons (Fsp3) is 0.778. The zero-order valence-corrected chi connectivity index (χ0v) is 8.83. The van der Waals surface area contributed by atoms with E-state index in [1.807, 2.05) is 6.92 Å². The monoisotopic (exact) mass is 186 g/mol. The summed E-state index contributed by atoms with van der Waals surface area (Å²) in [5.74, 6) is 0.0825. The van der Waals surface area contributed by atoms with Crippen LogP contribution in [0, 0.1) is 0 Å². The fourth-order valence-electron chi connectivity index (χ4n) is 0.966. The Morgan fingerprint density at radius 2 is 1.62 bits per heavy atom. The highest BCUT2D eigenvalue weighted by atomic mass is 16.2. The van der Waals surface area contributed by atoms with Crippen molar-refractivity contribution in [3.05, 3.63) is 0 Å².